The zero-order chi connectivity index (χ0) is 16.3. The van der Waals surface area contributed by atoms with E-state index < -0.39 is 0 Å². The van der Waals surface area contributed by atoms with Crippen LogP contribution in [0.2, 0.25) is 5.02 Å². The molecule has 2 aromatic rings. The first kappa shape index (κ1) is 18.8. The number of furan rings is 1. The molecule has 0 saturated heterocycles. The lowest BCUT2D eigenvalue weighted by Crippen LogP contribution is -2.47. The van der Waals surface area contributed by atoms with E-state index in [4.69, 9.17) is 21.8 Å². The van der Waals surface area contributed by atoms with Gasteiger partial charge in [-0.15, -0.1) is 12.4 Å². The molecular formula is C18H22Cl2N2O2. The summed E-state index contributed by atoms with van der Waals surface area (Å²) in [4.78, 5) is 12.6. The highest BCUT2D eigenvalue weighted by Crippen LogP contribution is 2.37. The number of carbonyl (C=O) groups excluding carboxylic acids is 1. The van der Waals surface area contributed by atoms with Crippen molar-refractivity contribution in [2.45, 2.75) is 44.2 Å². The first-order chi connectivity index (χ1) is 11.1. The van der Waals surface area contributed by atoms with E-state index in [0.29, 0.717) is 16.3 Å². The molecule has 0 unspecified atom stereocenters. The number of nitrogens with one attached hydrogen (secondary N) is 1. The van der Waals surface area contributed by atoms with Gasteiger partial charge >= 0.3 is 0 Å². The second-order valence-electron chi connectivity index (χ2n) is 6.11. The minimum Gasteiger partial charge on any atom is -0.467 e. The van der Waals surface area contributed by atoms with Gasteiger partial charge in [0.25, 0.3) is 5.91 Å². The van der Waals surface area contributed by atoms with Crippen molar-refractivity contribution in [3.8, 4) is 0 Å². The number of benzene rings is 1. The summed E-state index contributed by atoms with van der Waals surface area (Å²) < 4.78 is 5.28. The summed E-state index contributed by atoms with van der Waals surface area (Å²) in [7, 11) is 0. The molecule has 1 aromatic heterocycles. The fourth-order valence-corrected chi connectivity index (χ4v) is 3.43. The maximum absolute atomic E-state index is 12.6. The van der Waals surface area contributed by atoms with Gasteiger partial charge < -0.3 is 15.5 Å². The van der Waals surface area contributed by atoms with Gasteiger partial charge in [-0.2, -0.15) is 0 Å². The Labute approximate surface area is 153 Å². The molecule has 1 fully saturated rings. The SMILES string of the molecule is Cl.NCc1cc(C(=O)NC2(c3ccc(Cl)cc3)CCCCC2)co1. The molecule has 0 spiro atoms. The van der Waals surface area contributed by atoms with E-state index in [1.165, 1.54) is 12.7 Å². The van der Waals surface area contributed by atoms with Crippen molar-refractivity contribution in [1.29, 1.82) is 0 Å². The lowest BCUT2D eigenvalue weighted by atomic mass is 9.76. The number of rotatable bonds is 4. The van der Waals surface area contributed by atoms with Gasteiger partial charge in [0, 0.05) is 5.02 Å². The molecule has 1 aromatic carbocycles. The van der Waals surface area contributed by atoms with Gasteiger partial charge in [0.1, 0.15) is 12.0 Å². The molecule has 6 heteroatoms. The summed E-state index contributed by atoms with van der Waals surface area (Å²) >= 11 is 6.00. The Bertz CT molecular complexity index is 677. The largest absolute Gasteiger partial charge is 0.467 e. The van der Waals surface area contributed by atoms with Gasteiger partial charge in [-0.3, -0.25) is 4.79 Å². The van der Waals surface area contributed by atoms with Crippen LogP contribution in [0.4, 0.5) is 0 Å². The average Bonchev–Trinajstić information content (AvgIpc) is 3.05. The van der Waals surface area contributed by atoms with Crippen LogP contribution in [0.25, 0.3) is 0 Å². The standard InChI is InChI=1S/C18H21ClN2O2.ClH/c19-15-6-4-14(5-7-15)18(8-2-1-3-9-18)21-17(22)13-10-16(11-20)23-12-13;/h4-7,10,12H,1-3,8-9,11,20H2,(H,21,22);1H. The van der Waals surface area contributed by atoms with Crippen LogP contribution in [-0.4, -0.2) is 5.91 Å². The topological polar surface area (TPSA) is 68.3 Å². The molecule has 1 saturated carbocycles. The van der Waals surface area contributed by atoms with Gasteiger partial charge in [0.2, 0.25) is 0 Å². The van der Waals surface area contributed by atoms with Gasteiger partial charge in [0.05, 0.1) is 17.6 Å². The fourth-order valence-electron chi connectivity index (χ4n) is 3.31. The van der Waals surface area contributed by atoms with Crippen molar-refractivity contribution >= 4 is 29.9 Å². The summed E-state index contributed by atoms with van der Waals surface area (Å²) in [5.41, 5.74) is 6.83. The third kappa shape index (κ3) is 3.94. The van der Waals surface area contributed by atoms with E-state index in [0.717, 1.165) is 31.2 Å². The minimum absolute atomic E-state index is 0. The molecule has 0 atom stereocenters. The molecule has 1 amide bonds. The maximum Gasteiger partial charge on any atom is 0.255 e. The zero-order valence-electron chi connectivity index (χ0n) is 13.4. The van der Waals surface area contributed by atoms with Crippen LogP contribution in [0.5, 0.6) is 0 Å². The van der Waals surface area contributed by atoms with Crippen LogP contribution in [0, 0.1) is 0 Å². The van der Waals surface area contributed by atoms with E-state index >= 15 is 0 Å². The van der Waals surface area contributed by atoms with Crippen LogP contribution in [0.3, 0.4) is 0 Å². The number of carbonyl (C=O) groups is 1. The average molecular weight is 369 g/mol. The molecule has 3 N–H and O–H groups in total. The van der Waals surface area contributed by atoms with Crippen LogP contribution >= 0.6 is 24.0 Å². The molecule has 1 heterocycles. The van der Waals surface area contributed by atoms with Crippen molar-refractivity contribution in [3.63, 3.8) is 0 Å². The lowest BCUT2D eigenvalue weighted by molar-refractivity contribution is 0.0865. The van der Waals surface area contributed by atoms with Crippen molar-refractivity contribution in [3.05, 3.63) is 58.5 Å². The van der Waals surface area contributed by atoms with E-state index in [-0.39, 0.29) is 30.4 Å². The summed E-state index contributed by atoms with van der Waals surface area (Å²) in [6.07, 6.45) is 6.73. The highest BCUT2D eigenvalue weighted by molar-refractivity contribution is 6.30. The third-order valence-electron chi connectivity index (χ3n) is 4.57. The summed E-state index contributed by atoms with van der Waals surface area (Å²) in [6.45, 7) is 0.287. The lowest BCUT2D eigenvalue weighted by Gasteiger charge is -2.38. The van der Waals surface area contributed by atoms with Gasteiger partial charge in [0.15, 0.2) is 0 Å². The van der Waals surface area contributed by atoms with E-state index in [1.54, 1.807) is 6.07 Å². The number of nitrogens with two attached hydrogens (primary N) is 1. The quantitative estimate of drug-likeness (QED) is 0.839. The van der Waals surface area contributed by atoms with Crippen molar-refractivity contribution in [2.24, 2.45) is 5.73 Å². The van der Waals surface area contributed by atoms with Crippen molar-refractivity contribution < 1.29 is 9.21 Å². The summed E-state index contributed by atoms with van der Waals surface area (Å²) in [6, 6.07) is 9.48. The van der Waals surface area contributed by atoms with Crippen LogP contribution < -0.4 is 11.1 Å². The minimum atomic E-state index is -0.333. The number of halogens is 2. The van der Waals surface area contributed by atoms with Gasteiger partial charge in [-0.05, 0) is 36.6 Å². The van der Waals surface area contributed by atoms with E-state index in [2.05, 4.69) is 5.32 Å². The Morgan fingerprint density at radius 2 is 1.88 bits per heavy atom. The Hall–Kier alpha value is -1.49. The zero-order valence-corrected chi connectivity index (χ0v) is 15.0. The highest BCUT2D eigenvalue weighted by atomic mass is 35.5. The number of hydrogen-bond donors (Lipinski definition) is 2. The predicted octanol–water partition coefficient (Wildman–Crippen LogP) is 4.40. The Balaban J connectivity index is 0.00000208. The maximum atomic E-state index is 12.6. The third-order valence-corrected chi connectivity index (χ3v) is 4.83. The van der Waals surface area contributed by atoms with E-state index in [1.807, 2.05) is 24.3 Å². The number of amides is 1. The molecule has 130 valence electrons. The molecule has 1 aliphatic carbocycles. The normalized spacial score (nSPS) is 16.2. The molecule has 0 aliphatic heterocycles. The van der Waals surface area contributed by atoms with Crippen molar-refractivity contribution in [1.82, 2.24) is 5.32 Å². The van der Waals surface area contributed by atoms with Crippen molar-refractivity contribution in [2.75, 3.05) is 0 Å². The Morgan fingerprint density at radius 1 is 1.21 bits per heavy atom. The second-order valence-corrected chi connectivity index (χ2v) is 6.55. The molecular weight excluding hydrogens is 347 g/mol. The highest BCUT2D eigenvalue weighted by Gasteiger charge is 2.35. The molecule has 1 aliphatic rings. The number of hydrogen-bond acceptors (Lipinski definition) is 3. The Morgan fingerprint density at radius 3 is 2.46 bits per heavy atom. The first-order valence-corrected chi connectivity index (χ1v) is 8.37. The molecule has 4 nitrogen and oxygen atoms in total. The van der Waals surface area contributed by atoms with Crippen LogP contribution in [0.1, 0.15) is 53.8 Å². The molecule has 3 rings (SSSR count). The monoisotopic (exact) mass is 368 g/mol. The predicted molar refractivity (Wildman–Crippen MR) is 97.5 cm³/mol. The van der Waals surface area contributed by atoms with Crippen LogP contribution in [-0.2, 0) is 12.1 Å². The first-order valence-electron chi connectivity index (χ1n) is 7.99. The smallest absolute Gasteiger partial charge is 0.255 e. The van der Waals surface area contributed by atoms with Gasteiger partial charge in [-0.1, -0.05) is 43.0 Å². The van der Waals surface area contributed by atoms with Crippen LogP contribution in [0.15, 0.2) is 41.0 Å². The van der Waals surface area contributed by atoms with Gasteiger partial charge in [-0.25, -0.2) is 0 Å². The molecule has 0 radical (unpaired) electrons. The molecule has 0 bridgehead atoms. The summed E-state index contributed by atoms with van der Waals surface area (Å²) in [5.74, 6) is 0.490. The van der Waals surface area contributed by atoms with E-state index in [9.17, 15) is 4.79 Å². The molecule has 24 heavy (non-hydrogen) atoms. The fraction of sp³-hybridized carbons (Fsp3) is 0.389. The Kier molecular flexibility index (Phi) is 6.33. The summed E-state index contributed by atoms with van der Waals surface area (Å²) in [5, 5.41) is 3.94. The second kappa shape index (κ2) is 8.06.